The van der Waals surface area contributed by atoms with Gasteiger partial charge in [-0.05, 0) is 37.9 Å². The number of nitrogens with one attached hydrogen (secondary N) is 1. The molecular weight excluding hydrogens is 237 g/mol. The lowest BCUT2D eigenvalue weighted by molar-refractivity contribution is 0.474. The van der Waals surface area contributed by atoms with Crippen LogP contribution in [0.4, 0.5) is 4.39 Å². The third kappa shape index (κ3) is 4.49. The average Bonchev–Trinajstić information content (AvgIpc) is 2.28. The highest BCUT2D eigenvalue weighted by Crippen LogP contribution is 2.24. The summed E-state index contributed by atoms with van der Waals surface area (Å²) in [4.78, 5) is 0. The molecule has 0 amide bonds. The molecule has 0 bridgehead atoms. The van der Waals surface area contributed by atoms with Crippen molar-refractivity contribution < 1.29 is 4.39 Å². The van der Waals surface area contributed by atoms with Crippen LogP contribution in [0.5, 0.6) is 0 Å². The van der Waals surface area contributed by atoms with Gasteiger partial charge in [0, 0.05) is 16.6 Å². The summed E-state index contributed by atoms with van der Waals surface area (Å²) in [5, 5.41) is 3.74. The Bertz CT molecular complexity index is 365. The third-order valence-electron chi connectivity index (χ3n) is 2.69. The highest BCUT2D eigenvalue weighted by Gasteiger charge is 2.14. The summed E-state index contributed by atoms with van der Waals surface area (Å²) in [7, 11) is 0. The van der Waals surface area contributed by atoms with E-state index in [9.17, 15) is 4.39 Å². The lowest BCUT2D eigenvalue weighted by Gasteiger charge is -2.18. The van der Waals surface area contributed by atoms with Gasteiger partial charge in [0.2, 0.25) is 0 Å². The minimum absolute atomic E-state index is 0.0530. The zero-order chi connectivity index (χ0) is 12.7. The van der Waals surface area contributed by atoms with E-state index in [4.69, 9.17) is 11.6 Å². The molecule has 94 valence electrons. The summed E-state index contributed by atoms with van der Waals surface area (Å²) in [6, 6.07) is 4.92. The van der Waals surface area contributed by atoms with Crippen molar-refractivity contribution >= 4 is 11.6 Å². The molecule has 1 unspecified atom stereocenters. The quantitative estimate of drug-likeness (QED) is 0.559. The first kappa shape index (κ1) is 14.2. The first-order valence-electron chi connectivity index (χ1n) is 5.98. The van der Waals surface area contributed by atoms with E-state index >= 15 is 0 Å². The normalized spacial score (nSPS) is 12.4. The lowest BCUT2D eigenvalue weighted by atomic mass is 10.0. The van der Waals surface area contributed by atoms with E-state index < -0.39 is 0 Å². The zero-order valence-electron chi connectivity index (χ0n) is 10.2. The Morgan fingerprint density at radius 2 is 2.29 bits per heavy atom. The van der Waals surface area contributed by atoms with Crippen molar-refractivity contribution in [3.63, 3.8) is 0 Å². The Balaban J connectivity index is 2.77. The van der Waals surface area contributed by atoms with Crippen LogP contribution in [0.15, 0.2) is 30.9 Å². The van der Waals surface area contributed by atoms with Gasteiger partial charge in [0.25, 0.3) is 0 Å². The Morgan fingerprint density at radius 3 is 2.88 bits per heavy atom. The molecule has 0 aliphatic carbocycles. The van der Waals surface area contributed by atoms with Crippen molar-refractivity contribution in [2.24, 2.45) is 0 Å². The van der Waals surface area contributed by atoms with Crippen molar-refractivity contribution in [3.05, 3.63) is 47.3 Å². The topological polar surface area (TPSA) is 12.0 Å². The molecule has 1 rings (SSSR count). The molecule has 0 aliphatic rings. The second kappa shape index (κ2) is 7.46. The molecule has 1 aromatic rings. The molecular formula is C14H19ClFN. The van der Waals surface area contributed by atoms with Crippen molar-refractivity contribution in [2.75, 3.05) is 6.54 Å². The number of benzene rings is 1. The van der Waals surface area contributed by atoms with Gasteiger partial charge in [0.1, 0.15) is 5.82 Å². The van der Waals surface area contributed by atoms with Crippen molar-refractivity contribution in [2.45, 2.75) is 32.2 Å². The maximum atomic E-state index is 13.8. The molecule has 17 heavy (non-hydrogen) atoms. The van der Waals surface area contributed by atoms with Gasteiger partial charge in [-0.2, -0.15) is 0 Å². The number of rotatable bonds is 7. The molecule has 3 heteroatoms. The predicted molar refractivity (Wildman–Crippen MR) is 71.9 cm³/mol. The van der Waals surface area contributed by atoms with Crippen LogP contribution in [0.25, 0.3) is 0 Å². The summed E-state index contributed by atoms with van der Waals surface area (Å²) in [5.74, 6) is -0.234. The second-order valence-corrected chi connectivity index (χ2v) is 4.43. The third-order valence-corrected chi connectivity index (χ3v) is 2.92. The standard InChI is InChI=1S/C14H19ClFN/c1-3-5-6-7-14(17-4-2)12-9-8-11(15)10-13(12)16/h3,8-10,14,17H,1,4-7H2,2H3. The molecule has 0 spiro atoms. The summed E-state index contributed by atoms with van der Waals surface area (Å²) in [6.45, 7) is 6.54. The van der Waals surface area contributed by atoms with Gasteiger partial charge in [0.15, 0.2) is 0 Å². The summed E-state index contributed by atoms with van der Waals surface area (Å²) in [6.07, 6.45) is 4.75. The lowest BCUT2D eigenvalue weighted by Crippen LogP contribution is -2.21. The Morgan fingerprint density at radius 1 is 1.53 bits per heavy atom. The Hall–Kier alpha value is -0.860. The fourth-order valence-electron chi connectivity index (χ4n) is 1.86. The van der Waals surface area contributed by atoms with Crippen LogP contribution >= 0.6 is 11.6 Å². The zero-order valence-corrected chi connectivity index (χ0v) is 10.9. The minimum Gasteiger partial charge on any atom is -0.310 e. The van der Waals surface area contributed by atoms with E-state index in [1.165, 1.54) is 6.07 Å². The smallest absolute Gasteiger partial charge is 0.129 e. The molecule has 1 nitrogen and oxygen atoms in total. The molecule has 1 aromatic carbocycles. The van der Waals surface area contributed by atoms with Crippen molar-refractivity contribution in [3.8, 4) is 0 Å². The number of unbranched alkanes of at least 4 members (excludes halogenated alkanes) is 1. The first-order valence-corrected chi connectivity index (χ1v) is 6.36. The molecule has 0 aromatic heterocycles. The van der Waals surface area contributed by atoms with Crippen LogP contribution < -0.4 is 5.32 Å². The molecule has 0 saturated carbocycles. The van der Waals surface area contributed by atoms with E-state index in [1.54, 1.807) is 12.1 Å². The van der Waals surface area contributed by atoms with E-state index in [2.05, 4.69) is 11.9 Å². The van der Waals surface area contributed by atoms with E-state index in [-0.39, 0.29) is 11.9 Å². The van der Waals surface area contributed by atoms with Gasteiger partial charge in [-0.25, -0.2) is 4.39 Å². The number of hydrogen-bond acceptors (Lipinski definition) is 1. The fourth-order valence-corrected chi connectivity index (χ4v) is 2.02. The molecule has 1 atom stereocenters. The highest BCUT2D eigenvalue weighted by atomic mass is 35.5. The molecule has 0 heterocycles. The van der Waals surface area contributed by atoms with Crippen LogP contribution in [-0.2, 0) is 0 Å². The SMILES string of the molecule is C=CCCCC(NCC)c1ccc(Cl)cc1F. The van der Waals surface area contributed by atoms with Crippen LogP contribution in [0.3, 0.4) is 0 Å². The van der Waals surface area contributed by atoms with Gasteiger partial charge < -0.3 is 5.32 Å². The molecule has 1 N–H and O–H groups in total. The van der Waals surface area contributed by atoms with E-state index in [0.717, 1.165) is 25.8 Å². The second-order valence-electron chi connectivity index (χ2n) is 4.00. The first-order chi connectivity index (χ1) is 8.19. The minimum atomic E-state index is -0.234. The van der Waals surface area contributed by atoms with Gasteiger partial charge in [-0.15, -0.1) is 6.58 Å². The fraction of sp³-hybridized carbons (Fsp3) is 0.429. The van der Waals surface area contributed by atoms with E-state index in [0.29, 0.717) is 10.6 Å². The van der Waals surface area contributed by atoms with Crippen LogP contribution in [0.2, 0.25) is 5.02 Å². The van der Waals surface area contributed by atoms with Gasteiger partial charge >= 0.3 is 0 Å². The maximum Gasteiger partial charge on any atom is 0.129 e. The molecule has 0 radical (unpaired) electrons. The van der Waals surface area contributed by atoms with Crippen LogP contribution in [0.1, 0.15) is 37.8 Å². The van der Waals surface area contributed by atoms with Crippen LogP contribution in [-0.4, -0.2) is 6.54 Å². The maximum absolute atomic E-state index is 13.8. The number of hydrogen-bond donors (Lipinski definition) is 1. The van der Waals surface area contributed by atoms with Gasteiger partial charge in [-0.3, -0.25) is 0 Å². The number of allylic oxidation sites excluding steroid dienone is 1. The van der Waals surface area contributed by atoms with Crippen LogP contribution in [0, 0.1) is 5.82 Å². The highest BCUT2D eigenvalue weighted by molar-refractivity contribution is 6.30. The van der Waals surface area contributed by atoms with E-state index in [1.807, 2.05) is 13.0 Å². The van der Waals surface area contributed by atoms with Gasteiger partial charge in [-0.1, -0.05) is 30.7 Å². The molecule has 0 aliphatic heterocycles. The van der Waals surface area contributed by atoms with Crippen molar-refractivity contribution in [1.82, 2.24) is 5.32 Å². The molecule has 0 saturated heterocycles. The predicted octanol–water partition coefficient (Wildman–Crippen LogP) is 4.49. The number of halogens is 2. The molecule has 0 fully saturated rings. The largest absolute Gasteiger partial charge is 0.310 e. The Kier molecular flexibility index (Phi) is 6.23. The average molecular weight is 256 g/mol. The summed E-state index contributed by atoms with van der Waals surface area (Å²) < 4.78 is 13.8. The van der Waals surface area contributed by atoms with Gasteiger partial charge in [0.05, 0.1) is 0 Å². The summed E-state index contributed by atoms with van der Waals surface area (Å²) >= 11 is 5.75. The van der Waals surface area contributed by atoms with Crippen molar-refractivity contribution in [1.29, 1.82) is 0 Å². The summed E-state index contributed by atoms with van der Waals surface area (Å²) in [5.41, 5.74) is 0.695. The monoisotopic (exact) mass is 255 g/mol. The Labute approximate surface area is 108 Å².